The number of aryl methyl sites for hydroxylation is 1. The van der Waals surface area contributed by atoms with Gasteiger partial charge in [0, 0.05) is 57.5 Å². The first-order chi connectivity index (χ1) is 12.2. The second-order valence-electron chi connectivity index (χ2n) is 7.41. The minimum Gasteiger partial charge on any atom is -0.345 e. The maximum atomic E-state index is 13.0. The summed E-state index contributed by atoms with van der Waals surface area (Å²) >= 11 is 0. The molecule has 1 saturated heterocycles. The van der Waals surface area contributed by atoms with Crippen molar-refractivity contribution in [2.75, 3.05) is 26.7 Å². The van der Waals surface area contributed by atoms with Gasteiger partial charge >= 0.3 is 0 Å². The van der Waals surface area contributed by atoms with Crippen molar-refractivity contribution in [1.29, 1.82) is 0 Å². The fourth-order valence-corrected chi connectivity index (χ4v) is 4.19. The van der Waals surface area contributed by atoms with Crippen molar-refractivity contribution in [2.45, 2.75) is 51.5 Å². The maximum Gasteiger partial charge on any atom is 0.226 e. The molecule has 0 bridgehead atoms. The summed E-state index contributed by atoms with van der Waals surface area (Å²) in [4.78, 5) is 29.6. The third kappa shape index (κ3) is 4.41. The second kappa shape index (κ2) is 8.50. The van der Waals surface area contributed by atoms with Crippen molar-refractivity contribution in [3.05, 3.63) is 18.5 Å². The van der Waals surface area contributed by atoms with E-state index >= 15 is 0 Å². The van der Waals surface area contributed by atoms with Crippen molar-refractivity contribution in [1.82, 2.24) is 19.6 Å². The number of amides is 2. The van der Waals surface area contributed by atoms with Crippen LogP contribution in [0.3, 0.4) is 0 Å². The Morgan fingerprint density at radius 2 is 1.84 bits per heavy atom. The molecule has 3 rings (SSSR count). The van der Waals surface area contributed by atoms with E-state index in [4.69, 9.17) is 0 Å². The molecule has 2 fully saturated rings. The molecule has 2 amide bonds. The molecule has 2 heterocycles. The van der Waals surface area contributed by atoms with Crippen LogP contribution in [0.1, 0.15) is 44.9 Å². The zero-order valence-corrected chi connectivity index (χ0v) is 15.3. The zero-order chi connectivity index (χ0) is 17.6. The van der Waals surface area contributed by atoms with E-state index < -0.39 is 0 Å². The fourth-order valence-electron chi connectivity index (χ4n) is 4.19. The van der Waals surface area contributed by atoms with Crippen LogP contribution in [0.25, 0.3) is 0 Å². The van der Waals surface area contributed by atoms with Gasteiger partial charge in [-0.05, 0) is 38.2 Å². The Balaban J connectivity index is 1.54. The second-order valence-corrected chi connectivity index (χ2v) is 7.41. The Labute approximate surface area is 150 Å². The third-order valence-corrected chi connectivity index (χ3v) is 5.63. The molecule has 1 aliphatic carbocycles. The van der Waals surface area contributed by atoms with Crippen LogP contribution >= 0.6 is 0 Å². The molecule has 25 heavy (non-hydrogen) atoms. The molecule has 1 aromatic rings. The topological polar surface area (TPSA) is 58.4 Å². The van der Waals surface area contributed by atoms with E-state index in [0.717, 1.165) is 64.6 Å². The molecule has 0 spiro atoms. The molecule has 0 unspecified atom stereocenters. The molecule has 1 aliphatic heterocycles. The van der Waals surface area contributed by atoms with Gasteiger partial charge in [0.1, 0.15) is 0 Å². The van der Waals surface area contributed by atoms with Gasteiger partial charge in [-0.3, -0.25) is 14.3 Å². The van der Waals surface area contributed by atoms with Gasteiger partial charge in [-0.2, -0.15) is 5.10 Å². The largest absolute Gasteiger partial charge is 0.345 e. The summed E-state index contributed by atoms with van der Waals surface area (Å²) in [5.74, 6) is 0.141. The van der Waals surface area contributed by atoms with Gasteiger partial charge in [0.15, 0.2) is 0 Å². The number of hydrogen-bond acceptors (Lipinski definition) is 3. The number of aromatic nitrogens is 2. The predicted molar refractivity (Wildman–Crippen MR) is 95.7 cm³/mol. The van der Waals surface area contributed by atoms with Crippen LogP contribution in [-0.2, 0) is 16.1 Å². The Bertz CT molecular complexity index is 566. The Morgan fingerprint density at radius 3 is 2.52 bits per heavy atom. The van der Waals surface area contributed by atoms with E-state index in [-0.39, 0.29) is 23.7 Å². The average Bonchev–Trinajstić information content (AvgIpc) is 3.34. The number of hydrogen-bond donors (Lipinski definition) is 0. The first-order valence-electron chi connectivity index (χ1n) is 9.68. The van der Waals surface area contributed by atoms with Gasteiger partial charge in [0.25, 0.3) is 0 Å². The number of carbonyl (C=O) groups excluding carboxylic acids is 2. The summed E-state index contributed by atoms with van der Waals surface area (Å²) in [7, 11) is 1.87. The van der Waals surface area contributed by atoms with Crippen LogP contribution < -0.4 is 0 Å². The van der Waals surface area contributed by atoms with Crippen LogP contribution in [-0.4, -0.2) is 58.1 Å². The number of rotatable bonds is 6. The quantitative estimate of drug-likeness (QED) is 0.793. The van der Waals surface area contributed by atoms with E-state index in [1.165, 1.54) is 0 Å². The standard InChI is InChI=1S/C19H30N4O2/c1-21(11-7-15-23-14-6-10-20-23)18(24)16-8-2-3-9-17(16)19(25)22-12-4-5-13-22/h6,10,14,16-17H,2-5,7-9,11-13,15H2,1H3/t16-,17+/m0/s1. The Kier molecular flexibility index (Phi) is 6.10. The molecule has 6 heteroatoms. The molecule has 0 aromatic carbocycles. The van der Waals surface area contributed by atoms with Gasteiger partial charge < -0.3 is 9.80 Å². The molecule has 2 atom stereocenters. The van der Waals surface area contributed by atoms with Crippen LogP contribution in [0.4, 0.5) is 0 Å². The van der Waals surface area contributed by atoms with Crippen LogP contribution in [0.15, 0.2) is 18.5 Å². The summed E-state index contributed by atoms with van der Waals surface area (Å²) in [6.45, 7) is 3.26. The first-order valence-corrected chi connectivity index (χ1v) is 9.68. The van der Waals surface area contributed by atoms with Gasteiger partial charge in [0.2, 0.25) is 11.8 Å². The SMILES string of the molecule is CN(CCCn1cccn1)C(=O)[C@H]1CCCC[C@H]1C(=O)N1CCCC1. The summed E-state index contributed by atoms with van der Waals surface area (Å²) < 4.78 is 1.89. The highest BCUT2D eigenvalue weighted by molar-refractivity contribution is 5.88. The smallest absolute Gasteiger partial charge is 0.226 e. The zero-order valence-electron chi connectivity index (χ0n) is 15.3. The molecule has 2 aliphatic rings. The average molecular weight is 346 g/mol. The van der Waals surface area contributed by atoms with Gasteiger partial charge in [-0.15, -0.1) is 0 Å². The molecule has 0 N–H and O–H groups in total. The van der Waals surface area contributed by atoms with Crippen LogP contribution in [0.5, 0.6) is 0 Å². The monoisotopic (exact) mass is 346 g/mol. The van der Waals surface area contributed by atoms with Crippen LogP contribution in [0, 0.1) is 11.8 Å². The predicted octanol–water partition coefficient (Wildman–Crippen LogP) is 2.16. The highest BCUT2D eigenvalue weighted by Crippen LogP contribution is 2.33. The summed E-state index contributed by atoms with van der Waals surface area (Å²) in [6, 6.07) is 1.91. The van der Waals surface area contributed by atoms with Crippen molar-refractivity contribution >= 4 is 11.8 Å². The van der Waals surface area contributed by atoms with Gasteiger partial charge in [-0.1, -0.05) is 12.8 Å². The molecule has 0 radical (unpaired) electrons. The molecular formula is C19H30N4O2. The summed E-state index contributed by atoms with van der Waals surface area (Å²) in [5.41, 5.74) is 0. The Hall–Kier alpha value is -1.85. The van der Waals surface area contributed by atoms with Crippen molar-refractivity contribution in [3.63, 3.8) is 0 Å². The minimum atomic E-state index is -0.128. The highest BCUT2D eigenvalue weighted by Gasteiger charge is 2.39. The van der Waals surface area contributed by atoms with E-state index in [1.54, 1.807) is 6.20 Å². The first kappa shape index (κ1) is 18.0. The van der Waals surface area contributed by atoms with Crippen molar-refractivity contribution in [3.8, 4) is 0 Å². The van der Waals surface area contributed by atoms with Gasteiger partial charge in [-0.25, -0.2) is 0 Å². The molecule has 1 saturated carbocycles. The Morgan fingerprint density at radius 1 is 1.12 bits per heavy atom. The lowest BCUT2D eigenvalue weighted by Crippen LogP contribution is -2.45. The van der Waals surface area contributed by atoms with Crippen molar-refractivity contribution in [2.24, 2.45) is 11.8 Å². The van der Waals surface area contributed by atoms with Crippen molar-refractivity contribution < 1.29 is 9.59 Å². The molecular weight excluding hydrogens is 316 g/mol. The highest BCUT2D eigenvalue weighted by atomic mass is 16.2. The fraction of sp³-hybridized carbons (Fsp3) is 0.737. The van der Waals surface area contributed by atoms with E-state index in [1.807, 2.05) is 33.8 Å². The number of nitrogens with zero attached hydrogens (tertiary/aromatic N) is 4. The summed E-state index contributed by atoms with van der Waals surface area (Å²) in [6.07, 6.45) is 10.6. The lowest BCUT2D eigenvalue weighted by atomic mass is 9.77. The molecule has 138 valence electrons. The lowest BCUT2D eigenvalue weighted by molar-refractivity contribution is -0.147. The number of carbonyl (C=O) groups is 2. The summed E-state index contributed by atoms with van der Waals surface area (Å²) in [5, 5.41) is 4.19. The van der Waals surface area contributed by atoms with E-state index in [9.17, 15) is 9.59 Å². The van der Waals surface area contributed by atoms with E-state index in [0.29, 0.717) is 6.54 Å². The van der Waals surface area contributed by atoms with Crippen LogP contribution in [0.2, 0.25) is 0 Å². The normalized spacial score (nSPS) is 23.6. The molecule has 1 aromatic heterocycles. The number of likely N-dealkylation sites (tertiary alicyclic amines) is 1. The third-order valence-electron chi connectivity index (χ3n) is 5.63. The van der Waals surface area contributed by atoms with E-state index in [2.05, 4.69) is 5.10 Å². The minimum absolute atomic E-state index is 0.104. The lowest BCUT2D eigenvalue weighted by Gasteiger charge is -2.34. The van der Waals surface area contributed by atoms with Gasteiger partial charge in [0.05, 0.1) is 0 Å². The maximum absolute atomic E-state index is 13.0. The molecule has 6 nitrogen and oxygen atoms in total.